The molecule has 1 fully saturated rings. The maximum atomic E-state index is 12.4. The first-order valence-electron chi connectivity index (χ1n) is 8.62. The van der Waals surface area contributed by atoms with Crippen LogP contribution < -0.4 is 5.32 Å². The number of halogens is 1. The molecule has 4 amide bonds. The van der Waals surface area contributed by atoms with Gasteiger partial charge in [-0.1, -0.05) is 48.0 Å². The number of urea groups is 1. The summed E-state index contributed by atoms with van der Waals surface area (Å²) < 4.78 is 2.02. The Balaban J connectivity index is 1.81. The van der Waals surface area contributed by atoms with E-state index in [9.17, 15) is 14.4 Å². The zero-order chi connectivity index (χ0) is 19.8. The van der Waals surface area contributed by atoms with Crippen LogP contribution in [0.4, 0.5) is 4.79 Å². The summed E-state index contributed by atoms with van der Waals surface area (Å²) in [6.45, 7) is 0.544. The van der Waals surface area contributed by atoms with Gasteiger partial charge < -0.3 is 4.57 Å². The zero-order valence-electron chi connectivity index (χ0n) is 15.0. The van der Waals surface area contributed by atoms with Crippen molar-refractivity contribution in [2.45, 2.75) is 6.54 Å². The average Bonchev–Trinajstić information content (AvgIpc) is 3.03. The smallest absolute Gasteiger partial charge is 0.331 e. The molecule has 0 spiro atoms. The monoisotopic (exact) mass is 393 g/mol. The van der Waals surface area contributed by atoms with E-state index in [2.05, 4.69) is 5.32 Å². The molecule has 2 aromatic carbocycles. The normalized spacial score (nSPS) is 16.1. The van der Waals surface area contributed by atoms with Crippen molar-refractivity contribution in [2.24, 2.45) is 0 Å². The molecule has 0 atom stereocenters. The highest BCUT2D eigenvalue weighted by atomic mass is 35.5. The molecular weight excluding hydrogens is 378 g/mol. The van der Waals surface area contributed by atoms with Crippen LogP contribution in [-0.4, -0.2) is 34.4 Å². The van der Waals surface area contributed by atoms with Crippen molar-refractivity contribution in [3.05, 3.63) is 76.5 Å². The Labute approximate surface area is 166 Å². The number of benzene rings is 2. The van der Waals surface area contributed by atoms with Gasteiger partial charge in [0.05, 0.1) is 0 Å². The third kappa shape index (κ3) is 3.08. The highest BCUT2D eigenvalue weighted by molar-refractivity contribution is 6.31. The fraction of sp³-hybridized carbons (Fsp3) is 0.0952. The van der Waals surface area contributed by atoms with Crippen LogP contribution in [0.2, 0.25) is 5.02 Å². The minimum Gasteiger partial charge on any atom is -0.342 e. The molecule has 4 rings (SSSR count). The lowest BCUT2D eigenvalue weighted by molar-refractivity contribution is -0.129. The van der Waals surface area contributed by atoms with Crippen LogP contribution in [0.25, 0.3) is 17.0 Å². The van der Waals surface area contributed by atoms with Gasteiger partial charge in [-0.3, -0.25) is 19.8 Å². The molecule has 140 valence electrons. The molecule has 1 saturated heterocycles. The van der Waals surface area contributed by atoms with Crippen molar-refractivity contribution in [2.75, 3.05) is 7.05 Å². The Kier molecular flexibility index (Phi) is 4.49. The van der Waals surface area contributed by atoms with Gasteiger partial charge in [0.15, 0.2) is 0 Å². The predicted molar refractivity (Wildman–Crippen MR) is 107 cm³/mol. The van der Waals surface area contributed by atoms with Crippen molar-refractivity contribution in [1.82, 2.24) is 14.8 Å². The molecule has 1 N–H and O–H groups in total. The largest absolute Gasteiger partial charge is 0.342 e. The van der Waals surface area contributed by atoms with Gasteiger partial charge in [0.2, 0.25) is 0 Å². The zero-order valence-corrected chi connectivity index (χ0v) is 15.7. The lowest BCUT2D eigenvalue weighted by atomic mass is 10.1. The van der Waals surface area contributed by atoms with Crippen LogP contribution in [0.3, 0.4) is 0 Å². The molecule has 7 heteroatoms. The van der Waals surface area contributed by atoms with Gasteiger partial charge in [-0.25, -0.2) is 4.79 Å². The highest BCUT2D eigenvalue weighted by Gasteiger charge is 2.33. The highest BCUT2D eigenvalue weighted by Crippen LogP contribution is 2.27. The molecule has 0 saturated carbocycles. The number of para-hydroxylation sites is 1. The van der Waals surface area contributed by atoms with E-state index in [1.165, 1.54) is 13.1 Å². The van der Waals surface area contributed by atoms with E-state index in [1.807, 2.05) is 59.3 Å². The predicted octanol–water partition coefficient (Wildman–Crippen LogP) is 3.43. The molecule has 6 nitrogen and oxygen atoms in total. The number of aromatic nitrogens is 1. The van der Waals surface area contributed by atoms with Crippen LogP contribution in [0, 0.1) is 0 Å². The van der Waals surface area contributed by atoms with E-state index in [-0.39, 0.29) is 5.57 Å². The van der Waals surface area contributed by atoms with Gasteiger partial charge in [-0.2, -0.15) is 0 Å². The summed E-state index contributed by atoms with van der Waals surface area (Å²) in [5.41, 5.74) is 2.54. The van der Waals surface area contributed by atoms with Crippen LogP contribution in [-0.2, 0) is 16.1 Å². The van der Waals surface area contributed by atoms with Crippen molar-refractivity contribution < 1.29 is 14.4 Å². The summed E-state index contributed by atoms with van der Waals surface area (Å²) in [4.78, 5) is 37.0. The van der Waals surface area contributed by atoms with E-state index < -0.39 is 17.8 Å². The number of nitrogens with one attached hydrogen (secondary N) is 1. The first kappa shape index (κ1) is 18.0. The summed E-state index contributed by atoms with van der Waals surface area (Å²) in [5.74, 6) is -1.33. The average molecular weight is 394 g/mol. The number of carbonyl (C=O) groups excluding carboxylic acids is 3. The number of hydrogen-bond donors (Lipinski definition) is 1. The van der Waals surface area contributed by atoms with Crippen LogP contribution >= 0.6 is 11.6 Å². The lowest BCUT2D eigenvalue weighted by Crippen LogP contribution is -2.52. The second kappa shape index (κ2) is 6.98. The van der Waals surface area contributed by atoms with Crippen LogP contribution in [0.1, 0.15) is 11.1 Å². The number of imide groups is 2. The summed E-state index contributed by atoms with van der Waals surface area (Å²) >= 11 is 6.30. The fourth-order valence-corrected chi connectivity index (χ4v) is 3.43. The first-order valence-corrected chi connectivity index (χ1v) is 9.00. The summed E-state index contributed by atoms with van der Waals surface area (Å²) in [6.07, 6.45) is 3.39. The number of carbonyl (C=O) groups is 3. The molecular formula is C21H16ClN3O3. The number of nitrogens with zero attached hydrogens (tertiary/aromatic N) is 2. The molecule has 1 aromatic heterocycles. The number of barbiturate groups is 1. The molecule has 0 aliphatic carbocycles. The molecule has 28 heavy (non-hydrogen) atoms. The molecule has 0 unspecified atom stereocenters. The van der Waals surface area contributed by atoms with Crippen molar-refractivity contribution in [1.29, 1.82) is 0 Å². The third-order valence-corrected chi connectivity index (χ3v) is 5.09. The van der Waals surface area contributed by atoms with Crippen molar-refractivity contribution in [3.8, 4) is 0 Å². The van der Waals surface area contributed by atoms with E-state index >= 15 is 0 Å². The molecule has 1 aliphatic heterocycles. The van der Waals surface area contributed by atoms with Crippen molar-refractivity contribution in [3.63, 3.8) is 0 Å². The van der Waals surface area contributed by atoms with Gasteiger partial charge in [0.1, 0.15) is 5.57 Å². The number of hydrogen-bond acceptors (Lipinski definition) is 3. The Hall–Kier alpha value is -3.38. The molecule has 0 bridgehead atoms. The van der Waals surface area contributed by atoms with Gasteiger partial charge in [0, 0.05) is 41.3 Å². The van der Waals surface area contributed by atoms with E-state index in [0.29, 0.717) is 17.1 Å². The molecule has 0 radical (unpaired) electrons. The molecule has 2 heterocycles. The fourth-order valence-electron chi connectivity index (χ4n) is 3.23. The van der Waals surface area contributed by atoms with E-state index in [1.54, 1.807) is 0 Å². The van der Waals surface area contributed by atoms with Crippen molar-refractivity contribution >= 4 is 46.4 Å². The Bertz CT molecular complexity index is 1160. The van der Waals surface area contributed by atoms with Crippen LogP contribution in [0.15, 0.2) is 60.3 Å². The van der Waals surface area contributed by atoms with Crippen LogP contribution in [0.5, 0.6) is 0 Å². The molecule has 1 aliphatic rings. The number of rotatable bonds is 3. The van der Waals surface area contributed by atoms with Gasteiger partial charge >= 0.3 is 6.03 Å². The molecule has 3 aromatic rings. The van der Waals surface area contributed by atoms with E-state index in [4.69, 9.17) is 11.6 Å². The van der Waals surface area contributed by atoms with E-state index in [0.717, 1.165) is 21.4 Å². The Morgan fingerprint density at radius 2 is 1.75 bits per heavy atom. The second-order valence-corrected chi connectivity index (χ2v) is 6.91. The van der Waals surface area contributed by atoms with Gasteiger partial charge in [-0.05, 0) is 23.8 Å². The minimum atomic E-state index is -0.728. The number of amides is 4. The van der Waals surface area contributed by atoms with Gasteiger partial charge in [-0.15, -0.1) is 0 Å². The maximum Gasteiger partial charge on any atom is 0.331 e. The topological polar surface area (TPSA) is 71.4 Å². The minimum absolute atomic E-state index is 0.0808. The quantitative estimate of drug-likeness (QED) is 0.547. The Morgan fingerprint density at radius 3 is 2.54 bits per heavy atom. The number of likely N-dealkylation sites (N-methyl/N-ethyl adjacent to an activating group) is 1. The summed E-state index contributed by atoms with van der Waals surface area (Å²) in [5, 5.41) is 3.73. The van der Waals surface area contributed by atoms with Gasteiger partial charge in [0.25, 0.3) is 11.8 Å². The third-order valence-electron chi connectivity index (χ3n) is 4.72. The maximum absolute atomic E-state index is 12.4. The summed E-state index contributed by atoms with van der Waals surface area (Å²) in [6, 6.07) is 14.6. The lowest BCUT2D eigenvalue weighted by Gasteiger charge is -2.22. The number of fused-ring (bicyclic) bond motifs is 1. The Morgan fingerprint density at radius 1 is 1.04 bits per heavy atom. The summed E-state index contributed by atoms with van der Waals surface area (Å²) in [7, 11) is 1.33. The SMILES string of the molecule is CN1C(=O)NC(=O)/C(=C/c2cn(Cc3ccccc3Cl)c3ccccc23)C1=O. The second-order valence-electron chi connectivity index (χ2n) is 6.50. The standard InChI is InChI=1S/C21H16ClN3O3/c1-24-20(27)16(19(26)23-21(24)28)10-14-12-25(18-9-5-3-7-15(14)18)11-13-6-2-4-8-17(13)22/h2-10,12H,11H2,1H3,(H,23,26,28)/b16-10-. The first-order chi connectivity index (χ1) is 13.5.